The third-order valence-corrected chi connectivity index (χ3v) is 10.4. The van der Waals surface area contributed by atoms with Gasteiger partial charge in [-0.25, -0.2) is 4.98 Å². The van der Waals surface area contributed by atoms with E-state index in [0.29, 0.717) is 55.9 Å². The van der Waals surface area contributed by atoms with Gasteiger partial charge in [0.15, 0.2) is 17.3 Å². The number of hydrogen-bond acceptors (Lipinski definition) is 6. The molecular formula is C39H35Br2N3O4. The van der Waals surface area contributed by atoms with E-state index in [-0.39, 0.29) is 11.5 Å². The topological polar surface area (TPSA) is 74.9 Å². The summed E-state index contributed by atoms with van der Waals surface area (Å²) in [6.45, 7) is 8.90. The van der Waals surface area contributed by atoms with Gasteiger partial charge in [-0.15, -0.1) is 0 Å². The van der Waals surface area contributed by atoms with E-state index < -0.39 is 0 Å². The fraction of sp³-hybridized carbons (Fsp3) is 0.205. The van der Waals surface area contributed by atoms with Gasteiger partial charge in [-0.3, -0.25) is 4.79 Å². The number of benzene rings is 5. The van der Waals surface area contributed by atoms with Crippen LogP contribution in [0, 0.1) is 6.92 Å². The minimum atomic E-state index is -0.275. The first kappa shape index (κ1) is 33.4. The molecule has 0 atom stereocenters. The van der Waals surface area contributed by atoms with Crippen molar-refractivity contribution in [3.8, 4) is 28.6 Å². The highest BCUT2D eigenvalue weighted by Gasteiger charge is 2.20. The Bertz CT molecular complexity index is 2240. The van der Waals surface area contributed by atoms with E-state index in [9.17, 15) is 4.79 Å². The second kappa shape index (κ2) is 14.3. The molecule has 0 aliphatic carbocycles. The van der Waals surface area contributed by atoms with Gasteiger partial charge in [0.2, 0.25) is 0 Å². The van der Waals surface area contributed by atoms with Crippen LogP contribution in [0.5, 0.6) is 17.2 Å². The number of ether oxygens (including phenoxy) is 3. The monoisotopic (exact) mass is 767 g/mol. The molecule has 9 heteroatoms. The predicted molar refractivity (Wildman–Crippen MR) is 201 cm³/mol. The molecule has 1 heterocycles. The van der Waals surface area contributed by atoms with Crippen molar-refractivity contribution < 1.29 is 14.2 Å². The molecule has 0 fully saturated rings. The van der Waals surface area contributed by atoms with Gasteiger partial charge < -0.3 is 14.2 Å². The maximum atomic E-state index is 14.0. The zero-order chi connectivity index (χ0) is 33.9. The molecule has 0 saturated carbocycles. The average molecular weight is 770 g/mol. The Balaban J connectivity index is 1.45. The minimum absolute atomic E-state index is 0.190. The molecular weight excluding hydrogens is 734 g/mol. The van der Waals surface area contributed by atoms with Crippen LogP contribution in [-0.4, -0.2) is 29.6 Å². The number of aromatic nitrogens is 2. The maximum Gasteiger partial charge on any atom is 0.282 e. The van der Waals surface area contributed by atoms with Gasteiger partial charge in [0, 0.05) is 15.6 Å². The van der Waals surface area contributed by atoms with Crippen LogP contribution < -0.4 is 19.8 Å². The van der Waals surface area contributed by atoms with E-state index in [1.165, 1.54) is 4.68 Å². The lowest BCUT2D eigenvalue weighted by atomic mass is 9.96. The van der Waals surface area contributed by atoms with Crippen molar-refractivity contribution in [3.05, 3.63) is 126 Å². The number of halogens is 2. The molecule has 0 spiro atoms. The smallest absolute Gasteiger partial charge is 0.282 e. The molecule has 0 amide bonds. The first-order valence-electron chi connectivity index (χ1n) is 15.7. The first-order chi connectivity index (χ1) is 23.2. The minimum Gasteiger partial charge on any atom is -0.496 e. The summed E-state index contributed by atoms with van der Waals surface area (Å²) >= 11 is 7.48. The number of hydrogen-bond donors (Lipinski definition) is 0. The largest absolute Gasteiger partial charge is 0.496 e. The van der Waals surface area contributed by atoms with E-state index in [2.05, 4.69) is 70.0 Å². The zero-order valence-electron chi connectivity index (χ0n) is 27.4. The standard InChI is InChI=1S/C39H35Br2N3O4/c1-6-47-34-19-27(35(40)36(41)37(34)48-22-26-14-11-13-25-12-7-8-15-28(25)26)21-42-44-38(43-32-17-10-9-16-29(32)39(44)45)31-20-30(23(2)3)33(46-5)18-24(31)4/h7-21,23H,6,22H2,1-5H3. The molecule has 0 unspecified atom stereocenters. The summed E-state index contributed by atoms with van der Waals surface area (Å²) in [5.74, 6) is 2.53. The van der Waals surface area contributed by atoms with Crippen LogP contribution in [0.25, 0.3) is 33.1 Å². The van der Waals surface area contributed by atoms with E-state index in [0.717, 1.165) is 38.8 Å². The molecule has 7 nitrogen and oxygen atoms in total. The highest BCUT2D eigenvalue weighted by atomic mass is 79.9. The molecule has 0 radical (unpaired) electrons. The van der Waals surface area contributed by atoms with Gasteiger partial charge in [0.1, 0.15) is 12.4 Å². The van der Waals surface area contributed by atoms with Crippen LogP contribution in [0.4, 0.5) is 0 Å². The van der Waals surface area contributed by atoms with Gasteiger partial charge in [0.25, 0.3) is 5.56 Å². The van der Waals surface area contributed by atoms with Gasteiger partial charge in [-0.1, -0.05) is 68.4 Å². The van der Waals surface area contributed by atoms with Gasteiger partial charge >= 0.3 is 0 Å². The zero-order valence-corrected chi connectivity index (χ0v) is 30.6. The van der Waals surface area contributed by atoms with E-state index in [1.54, 1.807) is 19.4 Å². The number of rotatable bonds is 10. The van der Waals surface area contributed by atoms with Gasteiger partial charge in [-0.05, 0) is 109 Å². The molecule has 0 aliphatic rings. The summed E-state index contributed by atoms with van der Waals surface area (Å²) < 4.78 is 20.9. The molecule has 0 bridgehead atoms. The van der Waals surface area contributed by atoms with Crippen LogP contribution in [-0.2, 0) is 6.61 Å². The second-order valence-electron chi connectivity index (χ2n) is 11.7. The van der Waals surface area contributed by atoms with Crippen LogP contribution in [0.15, 0.2) is 104 Å². The fourth-order valence-electron chi connectivity index (χ4n) is 5.76. The van der Waals surface area contributed by atoms with Crippen LogP contribution >= 0.6 is 31.9 Å². The molecule has 244 valence electrons. The number of aryl methyl sites for hydroxylation is 1. The molecule has 6 rings (SSSR count). The van der Waals surface area contributed by atoms with Crippen molar-refractivity contribution in [2.24, 2.45) is 5.10 Å². The number of fused-ring (bicyclic) bond motifs is 2. The summed E-state index contributed by atoms with van der Waals surface area (Å²) in [5, 5.41) is 7.52. The Kier molecular flexibility index (Phi) is 9.99. The Labute approximate surface area is 296 Å². The molecule has 48 heavy (non-hydrogen) atoms. The second-order valence-corrected chi connectivity index (χ2v) is 13.2. The highest BCUT2D eigenvalue weighted by Crippen LogP contribution is 2.43. The Morgan fingerprint density at radius 2 is 1.62 bits per heavy atom. The van der Waals surface area contributed by atoms with Crippen molar-refractivity contribution in [3.63, 3.8) is 0 Å². The third-order valence-electron chi connectivity index (χ3n) is 8.21. The fourth-order valence-corrected chi connectivity index (χ4v) is 6.69. The lowest BCUT2D eigenvalue weighted by Gasteiger charge is -2.18. The average Bonchev–Trinajstić information content (AvgIpc) is 3.09. The van der Waals surface area contributed by atoms with Crippen molar-refractivity contribution in [2.75, 3.05) is 13.7 Å². The summed E-state index contributed by atoms with van der Waals surface area (Å²) in [6, 6.07) is 27.6. The summed E-state index contributed by atoms with van der Waals surface area (Å²) in [7, 11) is 1.67. The van der Waals surface area contributed by atoms with Gasteiger partial charge in [0.05, 0.1) is 35.3 Å². The lowest BCUT2D eigenvalue weighted by Crippen LogP contribution is -2.21. The molecule has 5 aromatic carbocycles. The Morgan fingerprint density at radius 1 is 0.896 bits per heavy atom. The molecule has 1 aromatic heterocycles. The number of methoxy groups -OCH3 is 1. The molecule has 0 saturated heterocycles. The molecule has 6 aromatic rings. The van der Waals surface area contributed by atoms with Crippen LogP contribution in [0.2, 0.25) is 0 Å². The first-order valence-corrected chi connectivity index (χ1v) is 17.3. The number of para-hydroxylation sites is 1. The summed E-state index contributed by atoms with van der Waals surface area (Å²) in [5.41, 5.74) is 4.80. The molecule has 0 N–H and O–H groups in total. The van der Waals surface area contributed by atoms with Crippen molar-refractivity contribution in [1.82, 2.24) is 9.66 Å². The number of nitrogens with zero attached hydrogens (tertiary/aromatic N) is 3. The normalized spacial score (nSPS) is 11.6. The summed E-state index contributed by atoms with van der Waals surface area (Å²) in [4.78, 5) is 19.0. The van der Waals surface area contributed by atoms with Crippen molar-refractivity contribution >= 4 is 59.7 Å². The summed E-state index contributed by atoms with van der Waals surface area (Å²) in [6.07, 6.45) is 1.63. The SMILES string of the molecule is CCOc1cc(C=Nn2c(-c3cc(C(C)C)c(OC)cc3C)nc3ccccc3c2=O)c(Br)c(Br)c1OCc1cccc2ccccc12. The molecule has 0 aliphatic heterocycles. The van der Waals surface area contributed by atoms with Gasteiger partial charge in [-0.2, -0.15) is 9.78 Å². The quantitative estimate of drug-likeness (QED) is 0.130. The Morgan fingerprint density at radius 3 is 2.38 bits per heavy atom. The van der Waals surface area contributed by atoms with Crippen LogP contribution in [0.1, 0.15) is 48.9 Å². The highest BCUT2D eigenvalue weighted by molar-refractivity contribution is 9.13. The van der Waals surface area contributed by atoms with E-state index in [4.69, 9.17) is 24.3 Å². The van der Waals surface area contributed by atoms with E-state index in [1.807, 2.05) is 68.4 Å². The lowest BCUT2D eigenvalue weighted by molar-refractivity contribution is 0.268. The predicted octanol–water partition coefficient (Wildman–Crippen LogP) is 10.0. The van der Waals surface area contributed by atoms with Crippen LogP contribution in [0.3, 0.4) is 0 Å². The van der Waals surface area contributed by atoms with E-state index >= 15 is 0 Å². The third kappa shape index (κ3) is 6.49. The van der Waals surface area contributed by atoms with Crippen molar-refractivity contribution in [1.29, 1.82) is 0 Å². The van der Waals surface area contributed by atoms with Crippen molar-refractivity contribution in [2.45, 2.75) is 40.2 Å². The maximum absolute atomic E-state index is 14.0. The Hall–Kier alpha value is -4.47.